The highest BCUT2D eigenvalue weighted by Crippen LogP contribution is 2.09. The molecule has 72 valence electrons. The summed E-state index contributed by atoms with van der Waals surface area (Å²) in [5, 5.41) is 0. The molecule has 13 heavy (non-hydrogen) atoms. The number of ether oxygens (including phenoxy) is 1. The van der Waals surface area contributed by atoms with Gasteiger partial charge in [-0.05, 0) is 31.8 Å². The van der Waals surface area contributed by atoms with Crippen molar-refractivity contribution >= 4 is 0 Å². The Balaban J connectivity index is 2.05. The van der Waals surface area contributed by atoms with Crippen molar-refractivity contribution in [1.29, 1.82) is 0 Å². The van der Waals surface area contributed by atoms with Crippen molar-refractivity contribution in [3.63, 3.8) is 0 Å². The molecule has 0 amide bonds. The van der Waals surface area contributed by atoms with Gasteiger partial charge >= 0.3 is 0 Å². The molecule has 0 unspecified atom stereocenters. The molecule has 0 saturated carbocycles. The molecular formula is C12H18O. The quantitative estimate of drug-likeness (QED) is 0.464. The van der Waals surface area contributed by atoms with E-state index in [2.05, 4.69) is 30.4 Å². The topological polar surface area (TPSA) is 9.23 Å². The molecule has 0 spiro atoms. The first-order valence-electron chi connectivity index (χ1n) is 4.98. The van der Waals surface area contributed by atoms with Gasteiger partial charge in [0.15, 0.2) is 0 Å². The molecule has 0 aromatic carbocycles. The summed E-state index contributed by atoms with van der Waals surface area (Å²) in [6.45, 7) is 3.63. The molecule has 0 N–H and O–H groups in total. The van der Waals surface area contributed by atoms with Crippen molar-refractivity contribution in [2.24, 2.45) is 0 Å². The van der Waals surface area contributed by atoms with Gasteiger partial charge in [-0.25, -0.2) is 0 Å². The van der Waals surface area contributed by atoms with Crippen molar-refractivity contribution in [2.45, 2.75) is 26.2 Å². The summed E-state index contributed by atoms with van der Waals surface area (Å²) in [4.78, 5) is 0. The first kappa shape index (κ1) is 10.3. The van der Waals surface area contributed by atoms with Crippen LogP contribution in [0.2, 0.25) is 0 Å². The molecule has 1 heteroatoms. The van der Waals surface area contributed by atoms with Crippen LogP contribution in [-0.2, 0) is 4.74 Å². The number of hydrogen-bond acceptors (Lipinski definition) is 1. The zero-order chi connectivity index (χ0) is 9.36. The van der Waals surface area contributed by atoms with E-state index in [1.807, 2.05) is 6.92 Å². The molecular weight excluding hydrogens is 160 g/mol. The van der Waals surface area contributed by atoms with E-state index in [1.54, 1.807) is 0 Å². The smallest absolute Gasteiger partial charge is 0.0713 e. The van der Waals surface area contributed by atoms with Crippen molar-refractivity contribution in [1.82, 2.24) is 0 Å². The SMILES string of the molecule is C/C=C/CCOCC1=CCCC=C1. The molecule has 0 aromatic rings. The Bertz CT molecular complexity index is 211. The largest absolute Gasteiger partial charge is 0.376 e. The molecule has 0 saturated heterocycles. The van der Waals surface area contributed by atoms with Crippen molar-refractivity contribution < 1.29 is 4.74 Å². The fourth-order valence-electron chi connectivity index (χ4n) is 1.28. The second-order valence-electron chi connectivity index (χ2n) is 3.17. The third-order valence-corrected chi connectivity index (χ3v) is 2.01. The van der Waals surface area contributed by atoms with Gasteiger partial charge in [-0.15, -0.1) is 0 Å². The predicted octanol–water partition coefficient (Wildman–Crippen LogP) is 3.25. The van der Waals surface area contributed by atoms with E-state index < -0.39 is 0 Å². The van der Waals surface area contributed by atoms with Crippen LogP contribution in [0.3, 0.4) is 0 Å². The average molecular weight is 178 g/mol. The van der Waals surface area contributed by atoms with Gasteiger partial charge in [0.2, 0.25) is 0 Å². The fourth-order valence-corrected chi connectivity index (χ4v) is 1.28. The van der Waals surface area contributed by atoms with Gasteiger partial charge < -0.3 is 4.74 Å². The minimum absolute atomic E-state index is 0.772. The van der Waals surface area contributed by atoms with E-state index in [0.717, 1.165) is 19.6 Å². The standard InChI is InChI=1S/C12H18O/c1-2-3-7-10-13-11-12-8-5-4-6-9-12/h2-3,5,8-9H,4,6-7,10-11H2,1H3/b3-2+. The first-order valence-corrected chi connectivity index (χ1v) is 4.98. The van der Waals surface area contributed by atoms with Crippen LogP contribution < -0.4 is 0 Å². The van der Waals surface area contributed by atoms with E-state index in [1.165, 1.54) is 18.4 Å². The third kappa shape index (κ3) is 4.69. The zero-order valence-electron chi connectivity index (χ0n) is 8.33. The van der Waals surface area contributed by atoms with Crippen LogP contribution in [0.4, 0.5) is 0 Å². The summed E-state index contributed by atoms with van der Waals surface area (Å²) in [7, 11) is 0. The summed E-state index contributed by atoms with van der Waals surface area (Å²) in [6.07, 6.45) is 14.2. The molecule has 1 rings (SSSR count). The van der Waals surface area contributed by atoms with Crippen LogP contribution >= 0.6 is 0 Å². The van der Waals surface area contributed by atoms with Gasteiger partial charge in [0.05, 0.1) is 13.2 Å². The second kappa shape index (κ2) is 6.67. The predicted molar refractivity (Wildman–Crippen MR) is 56.7 cm³/mol. The van der Waals surface area contributed by atoms with E-state index in [9.17, 15) is 0 Å². The maximum absolute atomic E-state index is 5.50. The molecule has 1 aliphatic rings. The summed E-state index contributed by atoms with van der Waals surface area (Å²) in [6, 6.07) is 0. The lowest BCUT2D eigenvalue weighted by molar-refractivity contribution is 0.162. The molecule has 0 atom stereocenters. The summed E-state index contributed by atoms with van der Waals surface area (Å²) in [5.74, 6) is 0. The third-order valence-electron chi connectivity index (χ3n) is 2.01. The van der Waals surface area contributed by atoms with E-state index >= 15 is 0 Å². The van der Waals surface area contributed by atoms with Crippen LogP contribution in [0.15, 0.2) is 36.0 Å². The Morgan fingerprint density at radius 3 is 3.08 bits per heavy atom. The average Bonchev–Trinajstić information content (AvgIpc) is 2.19. The summed E-state index contributed by atoms with van der Waals surface area (Å²) >= 11 is 0. The molecule has 0 aliphatic heterocycles. The van der Waals surface area contributed by atoms with E-state index in [4.69, 9.17) is 4.74 Å². The first-order chi connectivity index (χ1) is 6.43. The Kier molecular flexibility index (Phi) is 5.27. The fraction of sp³-hybridized carbons (Fsp3) is 0.500. The highest BCUT2D eigenvalue weighted by atomic mass is 16.5. The second-order valence-corrected chi connectivity index (χ2v) is 3.17. The minimum atomic E-state index is 0.772. The number of rotatable bonds is 5. The maximum Gasteiger partial charge on any atom is 0.0713 e. The molecule has 1 nitrogen and oxygen atoms in total. The monoisotopic (exact) mass is 178 g/mol. The highest BCUT2D eigenvalue weighted by Gasteiger charge is 1.96. The van der Waals surface area contributed by atoms with Gasteiger partial charge in [0, 0.05) is 0 Å². The minimum Gasteiger partial charge on any atom is -0.376 e. The Morgan fingerprint density at radius 2 is 2.38 bits per heavy atom. The highest BCUT2D eigenvalue weighted by molar-refractivity contribution is 5.22. The van der Waals surface area contributed by atoms with Crippen molar-refractivity contribution in [2.75, 3.05) is 13.2 Å². The van der Waals surface area contributed by atoms with Gasteiger partial charge in [0.25, 0.3) is 0 Å². The number of allylic oxidation sites excluding steroid dienone is 3. The molecule has 0 heterocycles. The van der Waals surface area contributed by atoms with Crippen LogP contribution in [0.1, 0.15) is 26.2 Å². The summed E-state index contributed by atoms with van der Waals surface area (Å²) in [5.41, 5.74) is 1.33. The maximum atomic E-state index is 5.50. The number of hydrogen-bond donors (Lipinski definition) is 0. The van der Waals surface area contributed by atoms with Crippen molar-refractivity contribution in [3.05, 3.63) is 36.0 Å². The zero-order valence-corrected chi connectivity index (χ0v) is 8.33. The lowest BCUT2D eigenvalue weighted by atomic mass is 10.1. The van der Waals surface area contributed by atoms with Gasteiger partial charge in [0.1, 0.15) is 0 Å². The lowest BCUT2D eigenvalue weighted by Gasteiger charge is -2.06. The molecule has 0 fully saturated rings. The Hall–Kier alpha value is -0.820. The van der Waals surface area contributed by atoms with E-state index in [-0.39, 0.29) is 0 Å². The van der Waals surface area contributed by atoms with Gasteiger partial charge in [-0.2, -0.15) is 0 Å². The van der Waals surface area contributed by atoms with Crippen LogP contribution in [-0.4, -0.2) is 13.2 Å². The van der Waals surface area contributed by atoms with Crippen molar-refractivity contribution in [3.8, 4) is 0 Å². The normalized spacial score (nSPS) is 16.5. The molecule has 1 aliphatic carbocycles. The Labute approximate surface area is 80.8 Å². The van der Waals surface area contributed by atoms with Gasteiger partial charge in [-0.3, -0.25) is 0 Å². The lowest BCUT2D eigenvalue weighted by Crippen LogP contribution is -1.99. The van der Waals surface area contributed by atoms with Crippen LogP contribution in [0, 0.1) is 0 Å². The van der Waals surface area contributed by atoms with Crippen LogP contribution in [0.25, 0.3) is 0 Å². The Morgan fingerprint density at radius 1 is 1.46 bits per heavy atom. The van der Waals surface area contributed by atoms with E-state index in [0.29, 0.717) is 0 Å². The van der Waals surface area contributed by atoms with Gasteiger partial charge in [-0.1, -0.05) is 30.4 Å². The molecule has 0 bridgehead atoms. The molecule has 0 aromatic heterocycles. The summed E-state index contributed by atoms with van der Waals surface area (Å²) < 4.78 is 5.50. The molecule has 0 radical (unpaired) electrons. The van der Waals surface area contributed by atoms with Crippen LogP contribution in [0.5, 0.6) is 0 Å².